The molecule has 0 bridgehead atoms. The molecule has 9 heteroatoms. The minimum absolute atomic E-state index is 0.00456. The zero-order valence-corrected chi connectivity index (χ0v) is 11.3. The number of benzene rings is 1. The monoisotopic (exact) mass is 296 g/mol. The van der Waals surface area contributed by atoms with Gasteiger partial charge in [-0.05, 0) is 30.2 Å². The molecular weight excluding hydrogens is 288 g/mol. The molecule has 1 heterocycles. The van der Waals surface area contributed by atoms with Crippen LogP contribution in [0.15, 0.2) is 18.2 Å². The molecule has 0 saturated carbocycles. The summed E-state index contributed by atoms with van der Waals surface area (Å²) in [5.41, 5.74) is 0.538. The Hall–Kier alpha value is -2.48. The largest absolute Gasteiger partial charge is 0.467 e. The fourth-order valence-electron chi connectivity index (χ4n) is 1.41. The molecule has 0 aliphatic heterocycles. The molecule has 8 nitrogen and oxygen atoms in total. The molecule has 0 amide bonds. The van der Waals surface area contributed by atoms with Crippen molar-refractivity contribution in [1.82, 2.24) is 15.0 Å². The van der Waals surface area contributed by atoms with E-state index >= 15 is 0 Å². The van der Waals surface area contributed by atoms with Crippen LogP contribution in [0.4, 0.5) is 5.69 Å². The van der Waals surface area contributed by atoms with Crippen molar-refractivity contribution in [3.8, 4) is 17.8 Å². The predicted molar refractivity (Wildman–Crippen MR) is 69.3 cm³/mol. The molecule has 2 rings (SSSR count). The lowest BCUT2D eigenvalue weighted by molar-refractivity contribution is -0.385. The number of nitro groups is 1. The normalized spacial score (nSPS) is 10.2. The molecule has 2 aromatic rings. The van der Waals surface area contributed by atoms with E-state index in [0.29, 0.717) is 0 Å². The third-order valence-corrected chi connectivity index (χ3v) is 2.43. The van der Waals surface area contributed by atoms with Gasteiger partial charge in [0.25, 0.3) is 0 Å². The fourth-order valence-corrected chi connectivity index (χ4v) is 1.55. The summed E-state index contributed by atoms with van der Waals surface area (Å²) in [7, 11) is 1.35. The van der Waals surface area contributed by atoms with Crippen LogP contribution in [0.1, 0.15) is 5.56 Å². The van der Waals surface area contributed by atoms with Gasteiger partial charge in [-0.2, -0.15) is 9.97 Å². The first-order valence-electron chi connectivity index (χ1n) is 5.38. The number of aryl methyl sites for hydroxylation is 1. The SMILES string of the molecule is COc1nc(Cl)nc(Oc2ccc(C)cc2[N+](=O)[O-])n1. The molecule has 1 aromatic carbocycles. The summed E-state index contributed by atoms with van der Waals surface area (Å²) in [5.74, 6) is 0.00456. The lowest BCUT2D eigenvalue weighted by Crippen LogP contribution is -2.00. The Labute approximate surface area is 118 Å². The van der Waals surface area contributed by atoms with Crippen LogP contribution in [0, 0.1) is 17.0 Å². The topological polar surface area (TPSA) is 100 Å². The molecule has 0 unspecified atom stereocenters. The summed E-state index contributed by atoms with van der Waals surface area (Å²) in [4.78, 5) is 21.6. The van der Waals surface area contributed by atoms with Crippen molar-refractivity contribution in [3.63, 3.8) is 0 Å². The van der Waals surface area contributed by atoms with E-state index in [1.165, 1.54) is 19.2 Å². The van der Waals surface area contributed by atoms with Gasteiger partial charge in [-0.25, -0.2) is 0 Å². The lowest BCUT2D eigenvalue weighted by atomic mass is 10.2. The van der Waals surface area contributed by atoms with Gasteiger partial charge in [0.1, 0.15) is 0 Å². The van der Waals surface area contributed by atoms with Crippen molar-refractivity contribution in [3.05, 3.63) is 39.2 Å². The molecule has 0 spiro atoms. The number of ether oxygens (including phenoxy) is 2. The maximum Gasteiger partial charge on any atom is 0.329 e. The van der Waals surface area contributed by atoms with Gasteiger partial charge in [0.15, 0.2) is 0 Å². The molecule has 20 heavy (non-hydrogen) atoms. The minimum atomic E-state index is -0.553. The number of hydrogen-bond donors (Lipinski definition) is 0. The van der Waals surface area contributed by atoms with Crippen molar-refractivity contribution in [2.75, 3.05) is 7.11 Å². The zero-order valence-electron chi connectivity index (χ0n) is 10.5. The molecule has 1 aromatic heterocycles. The maximum atomic E-state index is 11.0. The van der Waals surface area contributed by atoms with Crippen LogP contribution in [0.5, 0.6) is 17.8 Å². The number of methoxy groups -OCH3 is 1. The molecular formula is C11H9ClN4O4. The molecule has 0 N–H and O–H groups in total. The van der Waals surface area contributed by atoms with Gasteiger partial charge < -0.3 is 9.47 Å². The Bertz CT molecular complexity index is 665. The maximum absolute atomic E-state index is 11.0. The first kappa shape index (κ1) is 13.9. The van der Waals surface area contributed by atoms with Gasteiger partial charge in [0, 0.05) is 6.07 Å². The Morgan fingerprint density at radius 2 is 1.95 bits per heavy atom. The Balaban J connectivity index is 2.39. The summed E-state index contributed by atoms with van der Waals surface area (Å²) in [6.07, 6.45) is 0. The highest BCUT2D eigenvalue weighted by Crippen LogP contribution is 2.31. The first-order valence-corrected chi connectivity index (χ1v) is 5.76. The van der Waals surface area contributed by atoms with Crippen LogP contribution in [-0.2, 0) is 0 Å². The summed E-state index contributed by atoms with van der Waals surface area (Å²) >= 11 is 5.67. The molecule has 104 valence electrons. The summed E-state index contributed by atoms with van der Waals surface area (Å²) in [6, 6.07) is 4.28. The summed E-state index contributed by atoms with van der Waals surface area (Å²) in [5, 5.41) is 10.8. The van der Waals surface area contributed by atoms with E-state index in [2.05, 4.69) is 15.0 Å². The molecule has 0 atom stereocenters. The second-order valence-corrected chi connectivity index (χ2v) is 4.04. The summed E-state index contributed by atoms with van der Waals surface area (Å²) in [6.45, 7) is 1.74. The second-order valence-electron chi connectivity index (χ2n) is 3.70. The highest BCUT2D eigenvalue weighted by molar-refractivity contribution is 6.28. The van der Waals surface area contributed by atoms with Gasteiger partial charge in [-0.3, -0.25) is 10.1 Å². The Kier molecular flexibility index (Phi) is 3.94. The van der Waals surface area contributed by atoms with Crippen LogP contribution in [0.3, 0.4) is 0 Å². The smallest absolute Gasteiger partial charge is 0.329 e. The van der Waals surface area contributed by atoms with Crippen molar-refractivity contribution in [2.45, 2.75) is 6.92 Å². The van der Waals surface area contributed by atoms with E-state index in [4.69, 9.17) is 21.1 Å². The zero-order chi connectivity index (χ0) is 14.7. The number of hydrogen-bond acceptors (Lipinski definition) is 7. The Morgan fingerprint density at radius 1 is 1.25 bits per heavy atom. The van der Waals surface area contributed by atoms with Gasteiger partial charge in [0.05, 0.1) is 12.0 Å². The van der Waals surface area contributed by atoms with Crippen LogP contribution in [-0.4, -0.2) is 27.0 Å². The summed E-state index contributed by atoms with van der Waals surface area (Å²) < 4.78 is 10.1. The van der Waals surface area contributed by atoms with Crippen LogP contribution < -0.4 is 9.47 Å². The van der Waals surface area contributed by atoms with Crippen molar-refractivity contribution < 1.29 is 14.4 Å². The van der Waals surface area contributed by atoms with E-state index in [0.717, 1.165) is 5.56 Å². The van der Waals surface area contributed by atoms with Crippen molar-refractivity contribution in [2.24, 2.45) is 0 Å². The number of rotatable bonds is 4. The average molecular weight is 297 g/mol. The van der Waals surface area contributed by atoms with E-state index in [9.17, 15) is 10.1 Å². The lowest BCUT2D eigenvalue weighted by Gasteiger charge is -2.06. The minimum Gasteiger partial charge on any atom is -0.467 e. The standard InChI is InChI=1S/C11H9ClN4O4/c1-6-3-4-8(7(5-6)16(17)18)20-11-14-9(12)13-10(15-11)19-2/h3-5H,1-2H3. The molecule has 0 fully saturated rings. The molecule has 0 saturated heterocycles. The highest BCUT2D eigenvalue weighted by atomic mass is 35.5. The van der Waals surface area contributed by atoms with E-state index in [1.807, 2.05) is 0 Å². The van der Waals surface area contributed by atoms with Crippen LogP contribution in [0.25, 0.3) is 0 Å². The van der Waals surface area contributed by atoms with E-state index in [1.54, 1.807) is 13.0 Å². The van der Waals surface area contributed by atoms with E-state index in [-0.39, 0.29) is 28.7 Å². The van der Waals surface area contributed by atoms with Gasteiger partial charge >= 0.3 is 17.7 Å². The fraction of sp³-hybridized carbons (Fsp3) is 0.182. The number of halogens is 1. The highest BCUT2D eigenvalue weighted by Gasteiger charge is 2.18. The number of nitrogens with zero attached hydrogens (tertiary/aromatic N) is 4. The number of nitro benzene ring substituents is 1. The average Bonchev–Trinajstić information content (AvgIpc) is 2.40. The molecule has 0 aliphatic carbocycles. The third kappa shape index (κ3) is 3.09. The quantitative estimate of drug-likeness (QED) is 0.631. The Morgan fingerprint density at radius 3 is 2.60 bits per heavy atom. The van der Waals surface area contributed by atoms with Gasteiger partial charge in [-0.15, -0.1) is 4.98 Å². The number of aromatic nitrogens is 3. The first-order chi connectivity index (χ1) is 9.49. The van der Waals surface area contributed by atoms with Crippen LogP contribution in [0.2, 0.25) is 5.28 Å². The van der Waals surface area contributed by atoms with Crippen molar-refractivity contribution >= 4 is 17.3 Å². The van der Waals surface area contributed by atoms with Gasteiger partial charge in [0.2, 0.25) is 11.0 Å². The van der Waals surface area contributed by atoms with Crippen molar-refractivity contribution in [1.29, 1.82) is 0 Å². The second kappa shape index (κ2) is 5.66. The third-order valence-electron chi connectivity index (χ3n) is 2.26. The predicted octanol–water partition coefficient (Wildman–Crippen LogP) is 2.54. The molecule has 0 aliphatic rings. The molecule has 0 radical (unpaired) electrons. The van der Waals surface area contributed by atoms with Crippen LogP contribution >= 0.6 is 11.6 Å². The van der Waals surface area contributed by atoms with E-state index < -0.39 is 4.92 Å². The van der Waals surface area contributed by atoms with Gasteiger partial charge in [-0.1, -0.05) is 6.07 Å².